The van der Waals surface area contributed by atoms with Gasteiger partial charge in [-0.2, -0.15) is 0 Å². The van der Waals surface area contributed by atoms with E-state index in [2.05, 4.69) is 5.32 Å². The Morgan fingerprint density at radius 3 is 2.35 bits per heavy atom. The third-order valence-corrected chi connectivity index (χ3v) is 4.49. The third-order valence-electron chi connectivity index (χ3n) is 4.49. The number of Topliss-reactive ketones (excluding diaryl/α,β-unsaturated/α-hetero) is 1. The first-order chi connectivity index (χ1) is 14.5. The van der Waals surface area contributed by atoms with Crippen LogP contribution in [-0.4, -0.2) is 41.2 Å². The molecule has 0 bridgehead atoms. The van der Waals surface area contributed by atoms with Crippen molar-refractivity contribution in [3.8, 4) is 0 Å². The van der Waals surface area contributed by atoms with Crippen molar-refractivity contribution >= 4 is 17.8 Å². The molecule has 0 atom stereocenters. The van der Waals surface area contributed by atoms with E-state index in [4.69, 9.17) is 9.47 Å². The number of halogens is 1. The Labute approximate surface area is 181 Å². The number of rotatable bonds is 8. The molecule has 1 heterocycles. The van der Waals surface area contributed by atoms with Gasteiger partial charge in [0.05, 0.1) is 6.42 Å². The molecule has 0 fully saturated rings. The number of ketones is 1. The fraction of sp³-hybridized carbons (Fsp3) is 0.435. The molecule has 0 unspecified atom stereocenters. The average Bonchev–Trinajstić information content (AvgIpc) is 2.94. The number of esters is 1. The predicted octanol–water partition coefficient (Wildman–Crippen LogP) is 3.93. The molecule has 2 aromatic rings. The number of nitrogens with one attached hydrogen (secondary N) is 1. The van der Waals surface area contributed by atoms with E-state index in [-0.39, 0.29) is 31.2 Å². The molecule has 1 aromatic heterocycles. The van der Waals surface area contributed by atoms with Crippen molar-refractivity contribution in [3.63, 3.8) is 0 Å². The molecule has 31 heavy (non-hydrogen) atoms. The molecule has 0 spiro atoms. The molecule has 7 nitrogen and oxygen atoms in total. The van der Waals surface area contributed by atoms with Gasteiger partial charge in [-0.1, -0.05) is 12.1 Å². The van der Waals surface area contributed by atoms with Crippen molar-refractivity contribution in [2.45, 2.75) is 53.2 Å². The van der Waals surface area contributed by atoms with E-state index in [0.717, 1.165) is 17.0 Å². The van der Waals surface area contributed by atoms with Crippen LogP contribution in [0.15, 0.2) is 30.3 Å². The molecule has 0 saturated carbocycles. The highest BCUT2D eigenvalue weighted by Crippen LogP contribution is 2.18. The summed E-state index contributed by atoms with van der Waals surface area (Å²) >= 11 is 0. The summed E-state index contributed by atoms with van der Waals surface area (Å²) in [5.74, 6) is -1.21. The van der Waals surface area contributed by atoms with Crippen LogP contribution in [0.1, 0.15) is 54.5 Å². The van der Waals surface area contributed by atoms with Crippen LogP contribution >= 0.6 is 0 Å². The summed E-state index contributed by atoms with van der Waals surface area (Å²) in [4.78, 5) is 36.0. The molecule has 1 aromatic carbocycles. The Morgan fingerprint density at radius 1 is 1.10 bits per heavy atom. The summed E-state index contributed by atoms with van der Waals surface area (Å²) in [5.41, 5.74) is 2.37. The zero-order valence-electron chi connectivity index (χ0n) is 18.6. The molecule has 0 aliphatic rings. The van der Waals surface area contributed by atoms with Crippen LogP contribution in [0.25, 0.3) is 0 Å². The summed E-state index contributed by atoms with van der Waals surface area (Å²) < 4.78 is 25.2. The number of aromatic nitrogens is 1. The summed E-state index contributed by atoms with van der Waals surface area (Å²) in [6.07, 6.45) is -0.694. The fourth-order valence-electron chi connectivity index (χ4n) is 2.98. The predicted molar refractivity (Wildman–Crippen MR) is 114 cm³/mol. The van der Waals surface area contributed by atoms with E-state index in [1.54, 1.807) is 39.0 Å². The molecule has 1 amide bonds. The Kier molecular flexibility index (Phi) is 7.96. The third kappa shape index (κ3) is 7.55. The Hall–Kier alpha value is -3.16. The summed E-state index contributed by atoms with van der Waals surface area (Å²) in [6, 6.07) is 7.93. The van der Waals surface area contributed by atoms with Gasteiger partial charge >= 0.3 is 12.1 Å². The van der Waals surface area contributed by atoms with Crippen LogP contribution in [0.5, 0.6) is 0 Å². The molecule has 0 aliphatic carbocycles. The molecule has 1 N–H and O–H groups in total. The lowest BCUT2D eigenvalue weighted by molar-refractivity contribution is -0.142. The van der Waals surface area contributed by atoms with Gasteiger partial charge in [0.2, 0.25) is 5.78 Å². The van der Waals surface area contributed by atoms with Crippen molar-refractivity contribution in [2.75, 3.05) is 13.2 Å². The SMILES string of the molecule is Cc1cc(C(=O)COC(=O)CCNC(=O)OC(C)(C)C)c(C)n1Cc1ccc(F)cc1. The molecule has 168 valence electrons. The first-order valence-corrected chi connectivity index (χ1v) is 10.0. The number of hydrogen-bond acceptors (Lipinski definition) is 5. The van der Waals surface area contributed by atoms with Crippen molar-refractivity contribution < 1.29 is 28.2 Å². The molecular weight excluding hydrogens is 403 g/mol. The highest BCUT2D eigenvalue weighted by atomic mass is 19.1. The topological polar surface area (TPSA) is 86.6 Å². The van der Waals surface area contributed by atoms with Crippen molar-refractivity contribution in [2.24, 2.45) is 0 Å². The van der Waals surface area contributed by atoms with Gasteiger partial charge in [-0.3, -0.25) is 9.59 Å². The lowest BCUT2D eigenvalue weighted by Gasteiger charge is -2.19. The quantitative estimate of drug-likeness (QED) is 0.505. The van der Waals surface area contributed by atoms with E-state index in [1.165, 1.54) is 12.1 Å². The number of alkyl carbamates (subject to hydrolysis) is 1. The minimum atomic E-state index is -0.625. The molecule has 8 heteroatoms. The Balaban J connectivity index is 1.86. The number of hydrogen-bond donors (Lipinski definition) is 1. The van der Waals surface area contributed by atoms with Crippen LogP contribution in [0.4, 0.5) is 9.18 Å². The normalized spacial score (nSPS) is 11.2. The smallest absolute Gasteiger partial charge is 0.407 e. The second-order valence-corrected chi connectivity index (χ2v) is 8.26. The lowest BCUT2D eigenvalue weighted by Crippen LogP contribution is -2.33. The lowest BCUT2D eigenvalue weighted by atomic mass is 10.1. The van der Waals surface area contributed by atoms with Crippen molar-refractivity contribution in [1.82, 2.24) is 9.88 Å². The van der Waals surface area contributed by atoms with Gasteiger partial charge < -0.3 is 19.4 Å². The highest BCUT2D eigenvalue weighted by molar-refractivity contribution is 5.99. The monoisotopic (exact) mass is 432 g/mol. The van der Waals surface area contributed by atoms with E-state index in [9.17, 15) is 18.8 Å². The van der Waals surface area contributed by atoms with Crippen molar-refractivity contribution in [3.05, 3.63) is 58.7 Å². The highest BCUT2D eigenvalue weighted by Gasteiger charge is 2.19. The fourth-order valence-corrected chi connectivity index (χ4v) is 2.98. The minimum absolute atomic E-state index is 0.0497. The second-order valence-electron chi connectivity index (χ2n) is 8.26. The van der Waals surface area contributed by atoms with Gasteiger partial charge in [-0.25, -0.2) is 9.18 Å². The maximum atomic E-state index is 13.1. The number of carbonyl (C=O) groups excluding carboxylic acids is 3. The van der Waals surface area contributed by atoms with Crippen LogP contribution in [0.3, 0.4) is 0 Å². The number of nitrogens with zero attached hydrogens (tertiary/aromatic N) is 1. The number of ether oxygens (including phenoxy) is 2. The van der Waals surface area contributed by atoms with Gasteiger partial charge in [0.1, 0.15) is 11.4 Å². The Bertz CT molecular complexity index is 942. The molecule has 2 rings (SSSR count). The first kappa shape index (κ1) is 24.1. The van der Waals surface area contributed by atoms with E-state index in [0.29, 0.717) is 12.1 Å². The minimum Gasteiger partial charge on any atom is -0.457 e. The molecule has 0 aliphatic heterocycles. The summed E-state index contributed by atoms with van der Waals surface area (Å²) in [6.45, 7) is 9.08. The van der Waals surface area contributed by atoms with E-state index >= 15 is 0 Å². The van der Waals surface area contributed by atoms with Gasteiger partial charge in [-0.05, 0) is 58.4 Å². The van der Waals surface area contributed by atoms with Crippen LogP contribution in [0, 0.1) is 19.7 Å². The maximum absolute atomic E-state index is 13.1. The second kappa shape index (κ2) is 10.2. The largest absolute Gasteiger partial charge is 0.457 e. The first-order valence-electron chi connectivity index (χ1n) is 10.0. The maximum Gasteiger partial charge on any atom is 0.407 e. The summed E-state index contributed by atoms with van der Waals surface area (Å²) in [5, 5.41) is 2.46. The van der Waals surface area contributed by atoms with Crippen molar-refractivity contribution in [1.29, 1.82) is 0 Å². The number of benzene rings is 1. The van der Waals surface area contributed by atoms with Gasteiger partial charge in [0.15, 0.2) is 6.61 Å². The zero-order chi connectivity index (χ0) is 23.2. The number of amides is 1. The zero-order valence-corrected chi connectivity index (χ0v) is 18.6. The van der Waals surface area contributed by atoms with Gasteiger partial charge in [-0.15, -0.1) is 0 Å². The van der Waals surface area contributed by atoms with Gasteiger partial charge in [0, 0.05) is 30.0 Å². The van der Waals surface area contributed by atoms with E-state index < -0.39 is 17.7 Å². The van der Waals surface area contributed by atoms with E-state index in [1.807, 2.05) is 18.4 Å². The molecule has 0 saturated heterocycles. The van der Waals surface area contributed by atoms with Gasteiger partial charge in [0.25, 0.3) is 0 Å². The average molecular weight is 432 g/mol. The molecule has 0 radical (unpaired) electrons. The van der Waals surface area contributed by atoms with Crippen LogP contribution in [0.2, 0.25) is 0 Å². The Morgan fingerprint density at radius 2 is 1.74 bits per heavy atom. The van der Waals surface area contributed by atoms with Crippen LogP contribution in [-0.2, 0) is 20.8 Å². The standard InChI is InChI=1S/C23H29FN2O5/c1-15-12-19(16(2)26(15)13-17-6-8-18(24)9-7-17)20(27)14-30-21(28)10-11-25-22(29)31-23(3,4)5/h6-9,12H,10-11,13-14H2,1-5H3,(H,25,29). The number of aryl methyl sites for hydroxylation is 1. The van der Waals surface area contributed by atoms with Crippen LogP contribution < -0.4 is 5.32 Å². The molecular formula is C23H29FN2O5. The summed E-state index contributed by atoms with van der Waals surface area (Å²) in [7, 11) is 0. The number of carbonyl (C=O) groups is 3.